The molecule has 2 atom stereocenters. The summed E-state index contributed by atoms with van der Waals surface area (Å²) in [6, 6.07) is 4.14. The fourth-order valence-electron chi connectivity index (χ4n) is 3.59. The molecular weight excluding hydrogens is 240 g/mol. The van der Waals surface area contributed by atoms with Gasteiger partial charge in [-0.2, -0.15) is 0 Å². The van der Waals surface area contributed by atoms with E-state index in [1.807, 2.05) is 6.07 Å². The van der Waals surface area contributed by atoms with Crippen molar-refractivity contribution in [2.45, 2.75) is 44.6 Å². The maximum atomic E-state index is 10.9. The Bertz CT molecular complexity index is 456. The van der Waals surface area contributed by atoms with Crippen LogP contribution in [0.5, 0.6) is 0 Å². The van der Waals surface area contributed by atoms with E-state index in [2.05, 4.69) is 9.88 Å². The number of aromatic nitrogens is 1. The first-order valence-corrected chi connectivity index (χ1v) is 7.22. The summed E-state index contributed by atoms with van der Waals surface area (Å²) in [5, 5.41) is 8.92. The third-order valence-corrected chi connectivity index (χ3v) is 4.53. The van der Waals surface area contributed by atoms with Gasteiger partial charge in [-0.15, -0.1) is 0 Å². The summed E-state index contributed by atoms with van der Waals surface area (Å²) in [6.07, 6.45) is 9.31. The van der Waals surface area contributed by atoms with Gasteiger partial charge in [-0.05, 0) is 43.7 Å². The van der Waals surface area contributed by atoms with Gasteiger partial charge in [0.2, 0.25) is 0 Å². The maximum Gasteiger partial charge on any atom is 0.337 e. The zero-order chi connectivity index (χ0) is 13.2. The smallest absolute Gasteiger partial charge is 0.337 e. The Hall–Kier alpha value is -1.58. The topological polar surface area (TPSA) is 53.4 Å². The number of fused-ring (bicyclic) bond motifs is 1. The van der Waals surface area contributed by atoms with Gasteiger partial charge in [0.05, 0.1) is 5.56 Å². The molecule has 0 amide bonds. The van der Waals surface area contributed by atoms with Gasteiger partial charge < -0.3 is 10.0 Å². The Morgan fingerprint density at radius 1 is 1.21 bits per heavy atom. The number of hydrogen-bond acceptors (Lipinski definition) is 3. The molecule has 4 nitrogen and oxygen atoms in total. The van der Waals surface area contributed by atoms with Crippen LogP contribution in [0.1, 0.15) is 48.9 Å². The van der Waals surface area contributed by atoms with E-state index in [9.17, 15) is 4.79 Å². The lowest BCUT2D eigenvalue weighted by Gasteiger charge is -2.44. The Labute approximate surface area is 113 Å². The van der Waals surface area contributed by atoms with E-state index >= 15 is 0 Å². The molecule has 0 aromatic carbocycles. The van der Waals surface area contributed by atoms with Crippen LogP contribution >= 0.6 is 0 Å². The second kappa shape index (κ2) is 5.19. The van der Waals surface area contributed by atoms with Gasteiger partial charge in [0.25, 0.3) is 0 Å². The van der Waals surface area contributed by atoms with Crippen molar-refractivity contribution < 1.29 is 9.90 Å². The molecule has 3 rings (SSSR count). The Morgan fingerprint density at radius 3 is 2.74 bits per heavy atom. The predicted molar refractivity (Wildman–Crippen MR) is 73.5 cm³/mol. The van der Waals surface area contributed by atoms with E-state index in [0.29, 0.717) is 6.04 Å². The van der Waals surface area contributed by atoms with E-state index in [-0.39, 0.29) is 5.56 Å². The van der Waals surface area contributed by atoms with Gasteiger partial charge in [0.15, 0.2) is 0 Å². The quantitative estimate of drug-likeness (QED) is 0.888. The summed E-state index contributed by atoms with van der Waals surface area (Å²) in [5.41, 5.74) is 0.265. The molecule has 1 saturated heterocycles. The molecule has 0 radical (unpaired) electrons. The number of piperidine rings is 1. The lowest BCUT2D eigenvalue weighted by molar-refractivity contribution is 0.0696. The number of nitrogens with zero attached hydrogens (tertiary/aromatic N) is 2. The molecule has 2 fully saturated rings. The van der Waals surface area contributed by atoms with Crippen LogP contribution in [0.25, 0.3) is 0 Å². The van der Waals surface area contributed by atoms with Crippen LogP contribution in [0.15, 0.2) is 18.3 Å². The number of pyridine rings is 1. The van der Waals surface area contributed by atoms with E-state index in [1.54, 1.807) is 6.07 Å². The zero-order valence-corrected chi connectivity index (χ0v) is 11.1. The second-order valence-corrected chi connectivity index (χ2v) is 5.66. The lowest BCUT2D eigenvalue weighted by Crippen LogP contribution is -2.47. The van der Waals surface area contributed by atoms with Gasteiger partial charge in [0.1, 0.15) is 5.82 Å². The number of hydrogen-bond donors (Lipinski definition) is 1. The molecule has 102 valence electrons. The summed E-state index contributed by atoms with van der Waals surface area (Å²) in [6.45, 7) is 1.06. The monoisotopic (exact) mass is 260 g/mol. The van der Waals surface area contributed by atoms with Crippen LogP contribution in [0.2, 0.25) is 0 Å². The standard InChI is InChI=1S/C15H20N2O2/c18-15(19)12-7-8-14(16-10-12)17-9-3-5-11-4-1-2-6-13(11)17/h7-8,10-11,13H,1-6,9H2,(H,18,19)/t11-,13-/m1/s1. The highest BCUT2D eigenvalue weighted by Crippen LogP contribution is 2.37. The van der Waals surface area contributed by atoms with Crippen LogP contribution in [0.3, 0.4) is 0 Å². The van der Waals surface area contributed by atoms with Crippen LogP contribution in [-0.4, -0.2) is 28.6 Å². The molecule has 0 spiro atoms. The van der Waals surface area contributed by atoms with Crippen molar-refractivity contribution in [3.05, 3.63) is 23.9 Å². The molecule has 19 heavy (non-hydrogen) atoms. The number of carboxylic acid groups (broad SMARTS) is 1. The van der Waals surface area contributed by atoms with Gasteiger partial charge in [-0.3, -0.25) is 0 Å². The SMILES string of the molecule is O=C(O)c1ccc(N2CCC[C@H]3CCCC[C@H]32)nc1. The summed E-state index contributed by atoms with van der Waals surface area (Å²) in [7, 11) is 0. The predicted octanol–water partition coefficient (Wildman–Crippen LogP) is 2.94. The molecule has 1 saturated carbocycles. The summed E-state index contributed by atoms with van der Waals surface area (Å²) < 4.78 is 0. The van der Waals surface area contributed by atoms with E-state index in [1.165, 1.54) is 44.7 Å². The minimum atomic E-state index is -0.909. The number of rotatable bonds is 2. The number of carbonyl (C=O) groups is 1. The number of aromatic carboxylic acids is 1. The van der Waals surface area contributed by atoms with Crippen molar-refractivity contribution in [3.8, 4) is 0 Å². The van der Waals surface area contributed by atoms with Crippen molar-refractivity contribution in [1.29, 1.82) is 0 Å². The highest BCUT2D eigenvalue weighted by Gasteiger charge is 2.33. The molecule has 1 aromatic heterocycles. The van der Waals surface area contributed by atoms with Crippen molar-refractivity contribution in [2.24, 2.45) is 5.92 Å². The van der Waals surface area contributed by atoms with Crippen molar-refractivity contribution in [2.75, 3.05) is 11.4 Å². The summed E-state index contributed by atoms with van der Waals surface area (Å²) in [5.74, 6) is 0.846. The molecule has 4 heteroatoms. The Balaban J connectivity index is 1.81. The fourth-order valence-corrected chi connectivity index (χ4v) is 3.59. The first-order valence-electron chi connectivity index (χ1n) is 7.22. The van der Waals surface area contributed by atoms with Gasteiger partial charge in [-0.1, -0.05) is 12.8 Å². The molecule has 0 unspecified atom stereocenters. The minimum Gasteiger partial charge on any atom is -0.478 e. The summed E-state index contributed by atoms with van der Waals surface area (Å²) in [4.78, 5) is 17.6. The normalized spacial score (nSPS) is 26.8. The molecule has 1 aliphatic carbocycles. The maximum absolute atomic E-state index is 10.9. The van der Waals surface area contributed by atoms with Gasteiger partial charge >= 0.3 is 5.97 Å². The Kier molecular flexibility index (Phi) is 3.40. The zero-order valence-electron chi connectivity index (χ0n) is 11.1. The second-order valence-electron chi connectivity index (χ2n) is 5.66. The van der Waals surface area contributed by atoms with Crippen molar-refractivity contribution in [1.82, 2.24) is 4.98 Å². The van der Waals surface area contributed by atoms with Crippen molar-refractivity contribution >= 4 is 11.8 Å². The molecule has 1 aliphatic heterocycles. The minimum absolute atomic E-state index is 0.265. The molecule has 2 heterocycles. The average molecular weight is 260 g/mol. The van der Waals surface area contributed by atoms with Gasteiger partial charge in [-0.25, -0.2) is 9.78 Å². The third kappa shape index (κ3) is 2.44. The number of anilines is 1. The largest absolute Gasteiger partial charge is 0.478 e. The number of carboxylic acids is 1. The van der Waals surface area contributed by atoms with Crippen LogP contribution in [-0.2, 0) is 0 Å². The van der Waals surface area contributed by atoms with E-state index < -0.39 is 5.97 Å². The highest BCUT2D eigenvalue weighted by atomic mass is 16.4. The lowest BCUT2D eigenvalue weighted by atomic mass is 9.78. The Morgan fingerprint density at radius 2 is 2.00 bits per heavy atom. The van der Waals surface area contributed by atoms with Gasteiger partial charge in [0, 0.05) is 18.8 Å². The fraction of sp³-hybridized carbons (Fsp3) is 0.600. The van der Waals surface area contributed by atoms with Crippen LogP contribution in [0, 0.1) is 5.92 Å². The third-order valence-electron chi connectivity index (χ3n) is 4.53. The highest BCUT2D eigenvalue weighted by molar-refractivity contribution is 5.87. The first kappa shape index (κ1) is 12.5. The molecular formula is C15H20N2O2. The molecule has 1 aromatic rings. The average Bonchev–Trinajstić information content (AvgIpc) is 2.47. The van der Waals surface area contributed by atoms with E-state index in [0.717, 1.165) is 18.3 Å². The molecule has 1 N–H and O–H groups in total. The first-order chi connectivity index (χ1) is 9.25. The molecule has 2 aliphatic rings. The van der Waals surface area contributed by atoms with Crippen LogP contribution in [0.4, 0.5) is 5.82 Å². The van der Waals surface area contributed by atoms with E-state index in [4.69, 9.17) is 5.11 Å². The van der Waals surface area contributed by atoms with Crippen molar-refractivity contribution in [3.63, 3.8) is 0 Å². The summed E-state index contributed by atoms with van der Waals surface area (Å²) >= 11 is 0. The van der Waals surface area contributed by atoms with Crippen LogP contribution < -0.4 is 4.90 Å². The molecule has 0 bridgehead atoms.